The molecule has 6 nitrogen and oxygen atoms in total. The van der Waals surface area contributed by atoms with Crippen molar-refractivity contribution in [3.8, 4) is 0 Å². The largest absolute Gasteiger partial charge is 0.393 e. The predicted molar refractivity (Wildman–Crippen MR) is 106 cm³/mol. The van der Waals surface area contributed by atoms with Gasteiger partial charge in [0.2, 0.25) is 10.0 Å². The van der Waals surface area contributed by atoms with Crippen LogP contribution in [0.25, 0.3) is 0 Å². The lowest BCUT2D eigenvalue weighted by molar-refractivity contribution is 0.102. The standard InChI is InChI=1S/C14H13FN2O3S.C6H12O/c1-9-7-11(5-6-13(9)15)17-14(18)10-3-2-4-12(8-10)21(16,19)20;7-6-4-2-1-3-5-6/h2-8H,1H3,(H,17,18)(H2,16,19,20);6-7H,1-5H2. The van der Waals surface area contributed by atoms with Crippen molar-refractivity contribution in [2.24, 2.45) is 5.14 Å². The first-order valence-corrected chi connectivity index (χ1v) is 10.6. The lowest BCUT2D eigenvalue weighted by atomic mass is 9.98. The van der Waals surface area contributed by atoms with Crippen LogP contribution >= 0.6 is 0 Å². The van der Waals surface area contributed by atoms with Crippen molar-refractivity contribution in [1.29, 1.82) is 0 Å². The van der Waals surface area contributed by atoms with Crippen LogP contribution in [0.5, 0.6) is 0 Å². The van der Waals surface area contributed by atoms with Crippen molar-refractivity contribution in [3.05, 3.63) is 59.4 Å². The second kappa shape index (κ2) is 9.77. The van der Waals surface area contributed by atoms with Crippen LogP contribution < -0.4 is 10.5 Å². The first kappa shape index (κ1) is 22.0. The number of hydrogen-bond acceptors (Lipinski definition) is 4. The second-order valence-corrected chi connectivity index (χ2v) is 8.34. The number of amides is 1. The molecule has 1 fully saturated rings. The van der Waals surface area contributed by atoms with Gasteiger partial charge in [0, 0.05) is 11.3 Å². The molecule has 4 N–H and O–H groups in total. The number of aliphatic hydroxyl groups is 1. The fourth-order valence-electron chi connectivity index (χ4n) is 2.82. The Morgan fingerprint density at radius 1 is 1.14 bits per heavy atom. The fourth-order valence-corrected chi connectivity index (χ4v) is 3.38. The summed E-state index contributed by atoms with van der Waals surface area (Å²) in [4.78, 5) is 11.9. The fraction of sp³-hybridized carbons (Fsp3) is 0.350. The maximum atomic E-state index is 13.1. The predicted octanol–water partition coefficient (Wildman–Crippen LogP) is 3.35. The number of benzene rings is 2. The number of primary sulfonamides is 1. The molecule has 152 valence electrons. The Labute approximate surface area is 164 Å². The van der Waals surface area contributed by atoms with E-state index in [1.165, 1.54) is 61.7 Å². The van der Waals surface area contributed by atoms with Crippen molar-refractivity contribution in [1.82, 2.24) is 0 Å². The van der Waals surface area contributed by atoms with Gasteiger partial charge < -0.3 is 10.4 Å². The van der Waals surface area contributed by atoms with E-state index in [4.69, 9.17) is 10.2 Å². The molecule has 1 aliphatic carbocycles. The molecule has 3 rings (SSSR count). The number of hydrogen-bond donors (Lipinski definition) is 3. The van der Waals surface area contributed by atoms with Gasteiger partial charge in [0.1, 0.15) is 5.82 Å². The molecule has 1 amide bonds. The molecule has 1 aliphatic rings. The van der Waals surface area contributed by atoms with Gasteiger partial charge in [0.15, 0.2) is 0 Å². The van der Waals surface area contributed by atoms with Gasteiger partial charge in [0.05, 0.1) is 11.0 Å². The number of anilines is 1. The Bertz CT molecular complexity index is 926. The van der Waals surface area contributed by atoms with Crippen molar-refractivity contribution in [3.63, 3.8) is 0 Å². The number of rotatable bonds is 3. The van der Waals surface area contributed by atoms with Gasteiger partial charge in [-0.3, -0.25) is 4.79 Å². The van der Waals surface area contributed by atoms with Gasteiger partial charge in [0.25, 0.3) is 5.91 Å². The van der Waals surface area contributed by atoms with E-state index >= 15 is 0 Å². The maximum Gasteiger partial charge on any atom is 0.255 e. The van der Waals surface area contributed by atoms with Gasteiger partial charge in [-0.15, -0.1) is 0 Å². The summed E-state index contributed by atoms with van der Waals surface area (Å²) in [6, 6.07) is 9.51. The molecule has 8 heteroatoms. The molecule has 2 aromatic rings. The minimum absolute atomic E-state index is 0.0359. The monoisotopic (exact) mass is 408 g/mol. The Balaban J connectivity index is 0.000000336. The zero-order valence-electron chi connectivity index (χ0n) is 15.7. The smallest absolute Gasteiger partial charge is 0.255 e. The highest BCUT2D eigenvalue weighted by Gasteiger charge is 2.12. The second-order valence-electron chi connectivity index (χ2n) is 6.78. The highest BCUT2D eigenvalue weighted by molar-refractivity contribution is 7.89. The average Bonchev–Trinajstić information content (AvgIpc) is 2.65. The first-order valence-electron chi connectivity index (χ1n) is 9.05. The van der Waals surface area contributed by atoms with Crippen LogP contribution in [0.3, 0.4) is 0 Å². The Hall–Kier alpha value is -2.29. The summed E-state index contributed by atoms with van der Waals surface area (Å²) >= 11 is 0. The summed E-state index contributed by atoms with van der Waals surface area (Å²) in [6.07, 6.45) is 5.92. The molecule has 2 aromatic carbocycles. The minimum atomic E-state index is -3.87. The van der Waals surface area contributed by atoms with Crippen LogP contribution in [0, 0.1) is 12.7 Å². The van der Waals surface area contributed by atoms with E-state index in [0.29, 0.717) is 11.3 Å². The molecule has 1 saturated carbocycles. The number of aliphatic hydroxyl groups excluding tert-OH is 1. The summed E-state index contributed by atoms with van der Waals surface area (Å²) in [7, 11) is -3.87. The van der Waals surface area contributed by atoms with Gasteiger partial charge in [-0.05, 0) is 61.7 Å². The average molecular weight is 408 g/mol. The Morgan fingerprint density at radius 2 is 1.82 bits per heavy atom. The molecule has 0 spiro atoms. The van der Waals surface area contributed by atoms with E-state index < -0.39 is 15.9 Å². The summed E-state index contributed by atoms with van der Waals surface area (Å²) in [5.41, 5.74) is 0.953. The summed E-state index contributed by atoms with van der Waals surface area (Å²) in [5, 5.41) is 16.5. The van der Waals surface area contributed by atoms with Crippen molar-refractivity contribution >= 4 is 21.6 Å². The van der Waals surface area contributed by atoms with E-state index in [9.17, 15) is 17.6 Å². The Morgan fingerprint density at radius 3 is 2.36 bits per heavy atom. The summed E-state index contributed by atoms with van der Waals surface area (Å²) in [5.74, 6) is -0.879. The van der Waals surface area contributed by atoms with Crippen LogP contribution in [-0.4, -0.2) is 25.5 Å². The summed E-state index contributed by atoms with van der Waals surface area (Å²) < 4.78 is 35.7. The van der Waals surface area contributed by atoms with Crippen molar-refractivity contribution in [2.75, 3.05) is 5.32 Å². The first-order chi connectivity index (χ1) is 13.2. The van der Waals surface area contributed by atoms with Crippen LogP contribution in [0.15, 0.2) is 47.4 Å². The highest BCUT2D eigenvalue weighted by atomic mass is 32.2. The zero-order chi connectivity index (χ0) is 20.7. The highest BCUT2D eigenvalue weighted by Crippen LogP contribution is 2.17. The van der Waals surface area contributed by atoms with Gasteiger partial charge in [-0.1, -0.05) is 25.3 Å². The lowest BCUT2D eigenvalue weighted by Gasteiger charge is -2.14. The number of nitrogens with one attached hydrogen (secondary N) is 1. The molecule has 0 saturated heterocycles. The lowest BCUT2D eigenvalue weighted by Crippen LogP contribution is -2.15. The van der Waals surface area contributed by atoms with Crippen LogP contribution in [0.2, 0.25) is 0 Å². The van der Waals surface area contributed by atoms with E-state index in [-0.39, 0.29) is 22.4 Å². The third kappa shape index (κ3) is 6.70. The van der Waals surface area contributed by atoms with E-state index in [1.807, 2.05) is 0 Å². The number of carbonyl (C=O) groups is 1. The number of halogens is 1. The van der Waals surface area contributed by atoms with Crippen LogP contribution in [0.4, 0.5) is 10.1 Å². The van der Waals surface area contributed by atoms with Crippen molar-refractivity contribution < 1.29 is 22.7 Å². The molecule has 0 bridgehead atoms. The molecule has 0 atom stereocenters. The molecule has 0 radical (unpaired) electrons. The van der Waals surface area contributed by atoms with Gasteiger partial charge >= 0.3 is 0 Å². The van der Waals surface area contributed by atoms with Gasteiger partial charge in [-0.25, -0.2) is 17.9 Å². The van der Waals surface area contributed by atoms with Gasteiger partial charge in [-0.2, -0.15) is 0 Å². The molecule has 0 unspecified atom stereocenters. The van der Waals surface area contributed by atoms with E-state index in [2.05, 4.69) is 5.32 Å². The SMILES string of the molecule is Cc1cc(NC(=O)c2cccc(S(N)(=O)=O)c2)ccc1F.OC1CCCCC1. The molecule has 0 aromatic heterocycles. The zero-order valence-corrected chi connectivity index (χ0v) is 16.5. The number of carbonyl (C=O) groups excluding carboxylic acids is 1. The normalized spacial score (nSPS) is 14.7. The molecule has 0 heterocycles. The maximum absolute atomic E-state index is 13.1. The third-order valence-corrected chi connectivity index (χ3v) is 5.33. The molecule has 28 heavy (non-hydrogen) atoms. The van der Waals surface area contributed by atoms with Crippen molar-refractivity contribution in [2.45, 2.75) is 50.0 Å². The molecular weight excluding hydrogens is 383 g/mol. The molecular formula is C20H25FN2O4S. The minimum Gasteiger partial charge on any atom is -0.393 e. The van der Waals surface area contributed by atoms with Crippen LogP contribution in [-0.2, 0) is 10.0 Å². The topological polar surface area (TPSA) is 109 Å². The van der Waals surface area contributed by atoms with Crippen LogP contribution in [0.1, 0.15) is 48.0 Å². The summed E-state index contributed by atoms with van der Waals surface area (Å²) in [6.45, 7) is 1.58. The quantitative estimate of drug-likeness (QED) is 0.723. The number of aryl methyl sites for hydroxylation is 1. The third-order valence-electron chi connectivity index (χ3n) is 4.42. The van der Waals surface area contributed by atoms with E-state index in [0.717, 1.165) is 12.8 Å². The Kier molecular flexibility index (Phi) is 7.68. The molecule has 0 aliphatic heterocycles. The number of nitrogens with two attached hydrogens (primary N) is 1. The number of sulfonamides is 1. The van der Waals surface area contributed by atoms with E-state index in [1.54, 1.807) is 6.92 Å².